The Morgan fingerprint density at radius 2 is 2.13 bits per heavy atom. The van der Waals surface area contributed by atoms with Gasteiger partial charge >= 0.3 is 0 Å². The van der Waals surface area contributed by atoms with Crippen LogP contribution in [0, 0.1) is 0 Å². The number of hydrogen-bond donors (Lipinski definition) is 1. The molecule has 0 bridgehead atoms. The fourth-order valence-corrected chi connectivity index (χ4v) is 1.97. The fourth-order valence-electron chi connectivity index (χ4n) is 1.15. The van der Waals surface area contributed by atoms with Crippen molar-refractivity contribution in [2.75, 3.05) is 0 Å². The second-order valence-corrected chi connectivity index (χ2v) is 5.34. The molecule has 15 heavy (non-hydrogen) atoms. The normalized spacial score (nSPS) is 11.5. The molecule has 0 fully saturated rings. The molecule has 0 aliphatic carbocycles. The molecule has 1 rings (SSSR count). The smallest absolute Gasteiger partial charge is 0.252 e. The summed E-state index contributed by atoms with van der Waals surface area (Å²) in [6.45, 7) is 8.25. The van der Waals surface area contributed by atoms with Crippen LogP contribution < -0.4 is 5.32 Å². The van der Waals surface area contributed by atoms with E-state index in [0.29, 0.717) is 0 Å². The van der Waals surface area contributed by atoms with E-state index >= 15 is 0 Å². The number of hydrogen-bond acceptors (Lipinski definition) is 2. The van der Waals surface area contributed by atoms with E-state index in [1.807, 2.05) is 25.3 Å². The highest BCUT2D eigenvalue weighted by Gasteiger charge is 2.19. The van der Waals surface area contributed by atoms with Gasteiger partial charge in [0.25, 0.3) is 5.91 Å². The Labute approximate surface area is 95.7 Å². The van der Waals surface area contributed by atoms with Crippen molar-refractivity contribution < 1.29 is 4.79 Å². The predicted octanol–water partition coefficient (Wildman–Crippen LogP) is 3.23. The number of carbonyl (C=O) groups excluding carboxylic acids is 1. The lowest BCUT2D eigenvalue weighted by Gasteiger charge is -2.24. The molecular weight excluding hydrogens is 206 g/mol. The number of thiophene rings is 1. The molecule has 84 valence electrons. The first-order valence-electron chi connectivity index (χ1n) is 5.38. The van der Waals surface area contributed by atoms with Gasteiger partial charge in [-0.05, 0) is 32.8 Å². The van der Waals surface area contributed by atoms with E-state index in [2.05, 4.69) is 19.2 Å². The highest BCUT2D eigenvalue weighted by Crippen LogP contribution is 2.16. The third-order valence-electron chi connectivity index (χ3n) is 2.60. The maximum Gasteiger partial charge on any atom is 0.252 e. The summed E-state index contributed by atoms with van der Waals surface area (Å²) in [5.74, 6) is 0.0396. The van der Waals surface area contributed by atoms with Gasteiger partial charge in [-0.15, -0.1) is 11.3 Å². The van der Waals surface area contributed by atoms with Crippen molar-refractivity contribution >= 4 is 17.2 Å². The standard InChI is InChI=1S/C12H19NOS/c1-5-10-7-9(8-15-10)11(14)13-12(3,4)6-2/h7-8H,5-6H2,1-4H3,(H,13,14). The van der Waals surface area contributed by atoms with Crippen molar-refractivity contribution in [1.82, 2.24) is 5.32 Å². The van der Waals surface area contributed by atoms with Gasteiger partial charge in [0.15, 0.2) is 0 Å². The van der Waals surface area contributed by atoms with Gasteiger partial charge in [-0.3, -0.25) is 4.79 Å². The van der Waals surface area contributed by atoms with Crippen LogP contribution in [-0.4, -0.2) is 11.4 Å². The van der Waals surface area contributed by atoms with Crippen LogP contribution in [0.1, 0.15) is 49.4 Å². The van der Waals surface area contributed by atoms with Gasteiger partial charge in [0.2, 0.25) is 0 Å². The van der Waals surface area contributed by atoms with Gasteiger partial charge in [-0.1, -0.05) is 13.8 Å². The molecule has 0 aromatic carbocycles. The van der Waals surface area contributed by atoms with E-state index in [0.717, 1.165) is 18.4 Å². The number of amides is 1. The Morgan fingerprint density at radius 1 is 1.47 bits per heavy atom. The molecule has 0 saturated carbocycles. The van der Waals surface area contributed by atoms with Crippen LogP contribution >= 0.6 is 11.3 Å². The van der Waals surface area contributed by atoms with Crippen molar-refractivity contribution in [3.63, 3.8) is 0 Å². The predicted molar refractivity (Wildman–Crippen MR) is 65.5 cm³/mol. The van der Waals surface area contributed by atoms with E-state index in [4.69, 9.17) is 0 Å². The Morgan fingerprint density at radius 3 is 2.60 bits per heavy atom. The minimum atomic E-state index is -0.120. The van der Waals surface area contributed by atoms with Crippen molar-refractivity contribution in [3.8, 4) is 0 Å². The monoisotopic (exact) mass is 225 g/mol. The second kappa shape index (κ2) is 4.79. The minimum Gasteiger partial charge on any atom is -0.347 e. The first-order chi connectivity index (χ1) is 6.98. The topological polar surface area (TPSA) is 29.1 Å². The van der Waals surface area contributed by atoms with Crippen molar-refractivity contribution in [1.29, 1.82) is 0 Å². The van der Waals surface area contributed by atoms with Crippen LogP contribution in [0.2, 0.25) is 0 Å². The summed E-state index contributed by atoms with van der Waals surface area (Å²) in [4.78, 5) is 13.1. The number of aryl methyl sites for hydroxylation is 1. The molecule has 1 aromatic rings. The molecule has 1 heterocycles. The highest BCUT2D eigenvalue weighted by atomic mass is 32.1. The Bertz CT molecular complexity index is 341. The third kappa shape index (κ3) is 3.34. The van der Waals surface area contributed by atoms with Gasteiger partial charge in [0, 0.05) is 15.8 Å². The lowest BCUT2D eigenvalue weighted by atomic mass is 10.0. The number of nitrogens with one attached hydrogen (secondary N) is 1. The quantitative estimate of drug-likeness (QED) is 0.837. The van der Waals surface area contributed by atoms with Gasteiger partial charge in [0.05, 0.1) is 5.56 Å². The van der Waals surface area contributed by atoms with Crippen LogP contribution in [0.5, 0.6) is 0 Å². The molecule has 0 atom stereocenters. The Kier molecular flexibility index (Phi) is 3.91. The lowest BCUT2D eigenvalue weighted by molar-refractivity contribution is 0.0911. The molecule has 1 N–H and O–H groups in total. The number of rotatable bonds is 4. The Balaban J connectivity index is 2.69. The minimum absolute atomic E-state index is 0.0396. The van der Waals surface area contributed by atoms with Crippen LogP contribution in [0.25, 0.3) is 0 Å². The average molecular weight is 225 g/mol. The van der Waals surface area contributed by atoms with E-state index in [1.165, 1.54) is 4.88 Å². The summed E-state index contributed by atoms with van der Waals surface area (Å²) in [5, 5.41) is 4.96. The third-order valence-corrected chi connectivity index (χ3v) is 3.68. The van der Waals surface area contributed by atoms with Crippen LogP contribution in [-0.2, 0) is 6.42 Å². The van der Waals surface area contributed by atoms with Crippen LogP contribution in [0.15, 0.2) is 11.4 Å². The van der Waals surface area contributed by atoms with Gasteiger partial charge in [-0.25, -0.2) is 0 Å². The Hall–Kier alpha value is -0.830. The summed E-state index contributed by atoms with van der Waals surface area (Å²) in [7, 11) is 0. The van der Waals surface area contributed by atoms with Crippen LogP contribution in [0.4, 0.5) is 0 Å². The molecule has 0 radical (unpaired) electrons. The molecule has 2 nitrogen and oxygen atoms in total. The zero-order chi connectivity index (χ0) is 11.5. The van der Waals surface area contributed by atoms with Crippen molar-refractivity contribution in [2.24, 2.45) is 0 Å². The van der Waals surface area contributed by atoms with Gasteiger partial charge in [0.1, 0.15) is 0 Å². The van der Waals surface area contributed by atoms with E-state index in [-0.39, 0.29) is 11.4 Å². The maximum atomic E-state index is 11.8. The van der Waals surface area contributed by atoms with E-state index in [9.17, 15) is 4.79 Å². The zero-order valence-corrected chi connectivity index (χ0v) is 10.7. The van der Waals surface area contributed by atoms with E-state index < -0.39 is 0 Å². The first kappa shape index (κ1) is 12.2. The SMILES string of the molecule is CCc1cc(C(=O)NC(C)(C)CC)cs1. The van der Waals surface area contributed by atoms with Crippen molar-refractivity contribution in [3.05, 3.63) is 21.9 Å². The summed E-state index contributed by atoms with van der Waals surface area (Å²) < 4.78 is 0. The summed E-state index contributed by atoms with van der Waals surface area (Å²) >= 11 is 1.65. The fraction of sp³-hybridized carbons (Fsp3) is 0.583. The molecule has 1 aromatic heterocycles. The lowest BCUT2D eigenvalue weighted by Crippen LogP contribution is -2.42. The summed E-state index contributed by atoms with van der Waals surface area (Å²) in [6, 6.07) is 1.98. The molecular formula is C12H19NOS. The number of carbonyl (C=O) groups is 1. The van der Waals surface area contributed by atoms with Crippen molar-refractivity contribution in [2.45, 2.75) is 46.1 Å². The van der Waals surface area contributed by atoms with E-state index in [1.54, 1.807) is 11.3 Å². The molecule has 1 amide bonds. The molecule has 0 saturated heterocycles. The average Bonchev–Trinajstić information content (AvgIpc) is 2.65. The summed E-state index contributed by atoms with van der Waals surface area (Å²) in [6.07, 6.45) is 1.93. The molecule has 0 aliphatic heterocycles. The van der Waals surface area contributed by atoms with Gasteiger partial charge in [-0.2, -0.15) is 0 Å². The molecule has 0 spiro atoms. The zero-order valence-electron chi connectivity index (χ0n) is 9.89. The molecule has 0 aliphatic rings. The second-order valence-electron chi connectivity index (χ2n) is 4.35. The molecule has 3 heteroatoms. The van der Waals surface area contributed by atoms with Gasteiger partial charge < -0.3 is 5.32 Å². The summed E-state index contributed by atoms with van der Waals surface area (Å²) in [5.41, 5.74) is 0.671. The van der Waals surface area contributed by atoms with Crippen LogP contribution in [0.3, 0.4) is 0 Å². The molecule has 0 unspecified atom stereocenters. The first-order valence-corrected chi connectivity index (χ1v) is 6.26. The maximum absolute atomic E-state index is 11.8. The highest BCUT2D eigenvalue weighted by molar-refractivity contribution is 7.10. The largest absolute Gasteiger partial charge is 0.347 e.